The molecule has 1 amide bonds. The molecule has 2 fully saturated rings. The second-order valence-corrected chi connectivity index (χ2v) is 5.34. The third-order valence-electron chi connectivity index (χ3n) is 3.83. The predicted octanol–water partition coefficient (Wildman–Crippen LogP) is 0.851. The van der Waals surface area contributed by atoms with Crippen LogP contribution in [-0.4, -0.2) is 47.3 Å². The molecule has 2 aliphatic rings. The van der Waals surface area contributed by atoms with Crippen molar-refractivity contribution >= 4 is 5.91 Å². The zero-order valence-corrected chi connectivity index (χ0v) is 11.5. The molecular formula is C14H19N3O3. The lowest BCUT2D eigenvalue weighted by molar-refractivity contribution is -0.157. The summed E-state index contributed by atoms with van der Waals surface area (Å²) in [6, 6.07) is 0.119. The Morgan fingerprint density at radius 2 is 2.00 bits per heavy atom. The van der Waals surface area contributed by atoms with Crippen LogP contribution in [0.1, 0.15) is 35.4 Å². The van der Waals surface area contributed by atoms with E-state index in [9.17, 15) is 4.79 Å². The Kier molecular flexibility index (Phi) is 3.93. The van der Waals surface area contributed by atoms with Crippen molar-refractivity contribution in [2.24, 2.45) is 0 Å². The molecular weight excluding hydrogens is 258 g/mol. The van der Waals surface area contributed by atoms with Gasteiger partial charge >= 0.3 is 0 Å². The molecule has 1 N–H and O–H groups in total. The summed E-state index contributed by atoms with van der Waals surface area (Å²) in [6.07, 6.45) is 6.05. The van der Waals surface area contributed by atoms with Crippen molar-refractivity contribution in [1.82, 2.24) is 15.3 Å². The van der Waals surface area contributed by atoms with Crippen molar-refractivity contribution in [1.29, 1.82) is 0 Å². The summed E-state index contributed by atoms with van der Waals surface area (Å²) in [4.78, 5) is 20.3. The van der Waals surface area contributed by atoms with Gasteiger partial charge in [0.25, 0.3) is 5.91 Å². The van der Waals surface area contributed by atoms with Crippen LogP contribution < -0.4 is 5.32 Å². The van der Waals surface area contributed by atoms with Gasteiger partial charge in [-0.25, -0.2) is 4.98 Å². The van der Waals surface area contributed by atoms with Gasteiger partial charge in [-0.15, -0.1) is 0 Å². The maximum absolute atomic E-state index is 12.1. The molecule has 1 aliphatic heterocycles. The second kappa shape index (κ2) is 5.85. The van der Waals surface area contributed by atoms with E-state index in [1.165, 1.54) is 6.20 Å². The number of hydrogen-bond acceptors (Lipinski definition) is 5. The number of ether oxygens (including phenoxy) is 2. The van der Waals surface area contributed by atoms with E-state index in [1.807, 2.05) is 6.92 Å². The summed E-state index contributed by atoms with van der Waals surface area (Å²) in [5.74, 6) is -0.169. The molecule has 0 spiro atoms. The van der Waals surface area contributed by atoms with Gasteiger partial charge in [-0.05, 0) is 26.2 Å². The molecule has 3 atom stereocenters. The van der Waals surface area contributed by atoms with Crippen molar-refractivity contribution in [2.45, 2.75) is 44.4 Å². The van der Waals surface area contributed by atoms with Crippen molar-refractivity contribution in [3.05, 3.63) is 23.8 Å². The lowest BCUT2D eigenvalue weighted by atomic mass is 9.89. The van der Waals surface area contributed by atoms with E-state index in [2.05, 4.69) is 15.3 Å². The van der Waals surface area contributed by atoms with Crippen LogP contribution in [0, 0.1) is 6.92 Å². The first-order valence-electron chi connectivity index (χ1n) is 7.05. The van der Waals surface area contributed by atoms with E-state index in [0.717, 1.165) is 25.0 Å². The van der Waals surface area contributed by atoms with Crippen LogP contribution in [-0.2, 0) is 9.47 Å². The van der Waals surface area contributed by atoms with Crippen molar-refractivity contribution in [3.63, 3.8) is 0 Å². The quantitative estimate of drug-likeness (QED) is 0.867. The minimum absolute atomic E-state index is 0.104. The minimum Gasteiger partial charge on any atom is -0.373 e. The van der Waals surface area contributed by atoms with Crippen LogP contribution in [0.2, 0.25) is 0 Å². The third-order valence-corrected chi connectivity index (χ3v) is 3.83. The minimum atomic E-state index is -0.169. The fraction of sp³-hybridized carbons (Fsp3) is 0.643. The Balaban J connectivity index is 1.58. The number of rotatable bonds is 2. The molecule has 0 aromatic carbocycles. The Morgan fingerprint density at radius 3 is 2.75 bits per heavy atom. The fourth-order valence-electron chi connectivity index (χ4n) is 2.77. The largest absolute Gasteiger partial charge is 0.373 e. The number of fused-ring (bicyclic) bond motifs is 1. The van der Waals surface area contributed by atoms with Crippen LogP contribution in [0.3, 0.4) is 0 Å². The Hall–Kier alpha value is -1.53. The molecule has 1 aliphatic carbocycles. The highest BCUT2D eigenvalue weighted by atomic mass is 16.6. The summed E-state index contributed by atoms with van der Waals surface area (Å²) < 4.78 is 11.4. The third kappa shape index (κ3) is 2.96. The summed E-state index contributed by atoms with van der Waals surface area (Å²) in [5.41, 5.74) is 1.16. The zero-order chi connectivity index (χ0) is 13.9. The maximum atomic E-state index is 12.1. The fourth-order valence-corrected chi connectivity index (χ4v) is 2.77. The van der Waals surface area contributed by atoms with E-state index in [1.54, 1.807) is 6.20 Å². The topological polar surface area (TPSA) is 73.3 Å². The molecule has 1 aromatic heterocycles. The predicted molar refractivity (Wildman–Crippen MR) is 71.4 cm³/mol. The number of aryl methyl sites for hydroxylation is 1. The van der Waals surface area contributed by atoms with Gasteiger partial charge in [0.15, 0.2) is 0 Å². The van der Waals surface area contributed by atoms with E-state index in [4.69, 9.17) is 9.47 Å². The molecule has 3 rings (SSSR count). The first-order valence-corrected chi connectivity index (χ1v) is 7.05. The second-order valence-electron chi connectivity index (χ2n) is 5.34. The number of amides is 1. The average Bonchev–Trinajstić information content (AvgIpc) is 2.48. The molecule has 0 unspecified atom stereocenters. The van der Waals surface area contributed by atoms with Gasteiger partial charge in [-0.2, -0.15) is 0 Å². The zero-order valence-electron chi connectivity index (χ0n) is 11.5. The van der Waals surface area contributed by atoms with Crippen LogP contribution in [0.5, 0.6) is 0 Å². The van der Waals surface area contributed by atoms with Crippen LogP contribution in [0.15, 0.2) is 12.4 Å². The van der Waals surface area contributed by atoms with Gasteiger partial charge in [0.05, 0.1) is 37.3 Å². The number of aromatic nitrogens is 2. The standard InChI is InChI=1S/C14H19N3O3/c1-9-7-16-11(8-15-9)14(18)17-10-2-3-12-13(6-10)20-5-4-19-12/h7-8,10,12-13H,2-6H2,1H3,(H,17,18)/t10-,12+,13-/m1/s1. The molecule has 1 saturated carbocycles. The number of carbonyl (C=O) groups is 1. The molecule has 2 heterocycles. The summed E-state index contributed by atoms with van der Waals surface area (Å²) in [7, 11) is 0. The first-order chi connectivity index (χ1) is 9.72. The maximum Gasteiger partial charge on any atom is 0.271 e. The van der Waals surface area contributed by atoms with Crippen LogP contribution >= 0.6 is 0 Å². The first kappa shape index (κ1) is 13.5. The highest BCUT2D eigenvalue weighted by molar-refractivity contribution is 5.92. The number of nitrogens with one attached hydrogen (secondary N) is 1. The van der Waals surface area contributed by atoms with Crippen molar-refractivity contribution in [3.8, 4) is 0 Å². The Morgan fingerprint density at radius 1 is 1.20 bits per heavy atom. The van der Waals surface area contributed by atoms with Crippen LogP contribution in [0.25, 0.3) is 0 Å². The van der Waals surface area contributed by atoms with E-state index >= 15 is 0 Å². The smallest absolute Gasteiger partial charge is 0.271 e. The number of nitrogens with zero attached hydrogens (tertiary/aromatic N) is 2. The van der Waals surface area contributed by atoms with Gasteiger partial charge in [0.1, 0.15) is 5.69 Å². The molecule has 1 saturated heterocycles. The summed E-state index contributed by atoms with van der Waals surface area (Å²) in [6.45, 7) is 3.17. The van der Waals surface area contributed by atoms with Crippen molar-refractivity contribution in [2.75, 3.05) is 13.2 Å². The van der Waals surface area contributed by atoms with Crippen LogP contribution in [0.4, 0.5) is 0 Å². The molecule has 20 heavy (non-hydrogen) atoms. The van der Waals surface area contributed by atoms with Gasteiger partial charge in [0, 0.05) is 12.2 Å². The van der Waals surface area contributed by atoms with E-state index < -0.39 is 0 Å². The Bertz CT molecular complexity index is 477. The SMILES string of the molecule is Cc1cnc(C(=O)N[C@@H]2CC[C@@H]3OCCO[C@@H]3C2)cn1. The van der Waals surface area contributed by atoms with Gasteiger partial charge < -0.3 is 14.8 Å². The van der Waals surface area contributed by atoms with Gasteiger partial charge in [0.2, 0.25) is 0 Å². The molecule has 0 bridgehead atoms. The lowest BCUT2D eigenvalue weighted by Gasteiger charge is -2.39. The molecule has 1 aromatic rings. The molecule has 6 heteroatoms. The summed E-state index contributed by atoms with van der Waals surface area (Å²) in [5, 5.41) is 3.01. The van der Waals surface area contributed by atoms with E-state index in [0.29, 0.717) is 18.9 Å². The summed E-state index contributed by atoms with van der Waals surface area (Å²) >= 11 is 0. The molecule has 6 nitrogen and oxygen atoms in total. The van der Waals surface area contributed by atoms with Gasteiger partial charge in [-0.1, -0.05) is 0 Å². The lowest BCUT2D eigenvalue weighted by Crippen LogP contribution is -2.49. The molecule has 108 valence electrons. The number of carbonyl (C=O) groups excluding carboxylic acids is 1. The highest BCUT2D eigenvalue weighted by Crippen LogP contribution is 2.26. The van der Waals surface area contributed by atoms with E-state index in [-0.39, 0.29) is 24.2 Å². The monoisotopic (exact) mass is 277 g/mol. The molecule has 0 radical (unpaired) electrons. The van der Waals surface area contributed by atoms with Gasteiger partial charge in [-0.3, -0.25) is 9.78 Å². The highest BCUT2D eigenvalue weighted by Gasteiger charge is 2.34. The average molecular weight is 277 g/mol. The number of hydrogen-bond donors (Lipinski definition) is 1. The normalized spacial score (nSPS) is 29.6. The Labute approximate surface area is 117 Å². The van der Waals surface area contributed by atoms with Crippen molar-refractivity contribution < 1.29 is 14.3 Å².